The summed E-state index contributed by atoms with van der Waals surface area (Å²) in [5.41, 5.74) is 6.77. The summed E-state index contributed by atoms with van der Waals surface area (Å²) >= 11 is 3.39. The van der Waals surface area contributed by atoms with Crippen LogP contribution in [0.1, 0.15) is 24.8 Å². The second-order valence-corrected chi connectivity index (χ2v) is 5.42. The van der Waals surface area contributed by atoms with Gasteiger partial charge < -0.3 is 10.5 Å². The smallest absolute Gasteiger partial charge is 0.309 e. The lowest BCUT2D eigenvalue weighted by molar-refractivity contribution is -0.149. The largest absolute Gasteiger partial charge is 0.461 e. The fraction of sp³-hybridized carbons (Fsp3) is 0.462. The molecule has 1 fully saturated rings. The van der Waals surface area contributed by atoms with Gasteiger partial charge in [-0.1, -0.05) is 28.1 Å². The van der Waals surface area contributed by atoms with E-state index in [0.717, 1.165) is 29.3 Å². The summed E-state index contributed by atoms with van der Waals surface area (Å²) in [5.74, 6) is -0.116. The van der Waals surface area contributed by atoms with Crippen LogP contribution in [0.25, 0.3) is 0 Å². The molecule has 2 atom stereocenters. The van der Waals surface area contributed by atoms with Crippen molar-refractivity contribution in [3.8, 4) is 0 Å². The lowest BCUT2D eigenvalue weighted by atomic mass is 10.1. The van der Waals surface area contributed by atoms with Crippen LogP contribution < -0.4 is 5.73 Å². The number of carbonyl (C=O) groups is 1. The van der Waals surface area contributed by atoms with E-state index in [1.54, 1.807) is 0 Å². The van der Waals surface area contributed by atoms with E-state index in [0.29, 0.717) is 6.61 Å². The van der Waals surface area contributed by atoms with Gasteiger partial charge in [0.05, 0.1) is 5.92 Å². The van der Waals surface area contributed by atoms with Crippen molar-refractivity contribution in [3.63, 3.8) is 0 Å². The number of benzene rings is 1. The monoisotopic (exact) mass is 297 g/mol. The van der Waals surface area contributed by atoms with E-state index in [2.05, 4.69) is 15.9 Å². The van der Waals surface area contributed by atoms with Gasteiger partial charge in [-0.25, -0.2) is 0 Å². The maximum absolute atomic E-state index is 11.8. The molecule has 4 heteroatoms. The molecular weight excluding hydrogens is 282 g/mol. The van der Waals surface area contributed by atoms with Crippen LogP contribution in [0.3, 0.4) is 0 Å². The predicted molar refractivity (Wildman–Crippen MR) is 69.3 cm³/mol. The van der Waals surface area contributed by atoms with Crippen molar-refractivity contribution in [1.82, 2.24) is 0 Å². The highest BCUT2D eigenvalue weighted by atomic mass is 79.9. The van der Waals surface area contributed by atoms with Crippen molar-refractivity contribution >= 4 is 21.9 Å². The van der Waals surface area contributed by atoms with Crippen LogP contribution in [0.15, 0.2) is 28.7 Å². The zero-order valence-corrected chi connectivity index (χ0v) is 11.2. The number of carbonyl (C=O) groups excluding carboxylic acids is 1. The maximum atomic E-state index is 11.8. The van der Waals surface area contributed by atoms with Crippen molar-refractivity contribution in [1.29, 1.82) is 0 Å². The standard InChI is InChI=1S/C13H16BrNO2/c14-11-3-1-2-9(6-11)8-17-13(16)10-4-5-12(15)7-10/h1-3,6,10,12H,4-5,7-8,15H2. The number of ether oxygens (including phenoxy) is 1. The Morgan fingerprint density at radius 1 is 1.47 bits per heavy atom. The molecule has 1 aromatic carbocycles. The van der Waals surface area contributed by atoms with Crippen molar-refractivity contribution < 1.29 is 9.53 Å². The Kier molecular flexibility index (Phi) is 4.18. The van der Waals surface area contributed by atoms with Gasteiger partial charge >= 0.3 is 5.97 Å². The lowest BCUT2D eigenvalue weighted by Crippen LogP contribution is -2.19. The molecule has 0 heterocycles. The molecule has 3 nitrogen and oxygen atoms in total. The third-order valence-corrected chi connectivity index (χ3v) is 3.57. The Balaban J connectivity index is 1.84. The summed E-state index contributed by atoms with van der Waals surface area (Å²) in [7, 11) is 0. The molecule has 0 bridgehead atoms. The van der Waals surface area contributed by atoms with Gasteiger partial charge in [-0.05, 0) is 37.0 Å². The zero-order valence-electron chi connectivity index (χ0n) is 9.56. The normalized spacial score (nSPS) is 23.6. The molecule has 1 aromatic rings. The Bertz CT molecular complexity index is 408. The topological polar surface area (TPSA) is 52.3 Å². The molecule has 2 unspecified atom stereocenters. The van der Waals surface area contributed by atoms with E-state index in [-0.39, 0.29) is 17.9 Å². The molecule has 2 rings (SSSR count). The Hall–Kier alpha value is -0.870. The Morgan fingerprint density at radius 2 is 2.29 bits per heavy atom. The summed E-state index contributed by atoms with van der Waals surface area (Å²) in [6.07, 6.45) is 2.55. The minimum atomic E-state index is -0.113. The van der Waals surface area contributed by atoms with Crippen LogP contribution in [0.2, 0.25) is 0 Å². The minimum absolute atomic E-state index is 0.00264. The first-order valence-corrected chi connectivity index (χ1v) is 6.61. The van der Waals surface area contributed by atoms with E-state index in [4.69, 9.17) is 10.5 Å². The summed E-state index contributed by atoms with van der Waals surface area (Å²) in [5, 5.41) is 0. The predicted octanol–water partition coefficient (Wildman–Crippen LogP) is 2.62. The van der Waals surface area contributed by atoms with Crippen LogP contribution >= 0.6 is 15.9 Å². The van der Waals surface area contributed by atoms with E-state index in [1.807, 2.05) is 24.3 Å². The first-order valence-electron chi connectivity index (χ1n) is 5.82. The van der Waals surface area contributed by atoms with Gasteiger partial charge in [-0.15, -0.1) is 0 Å². The fourth-order valence-electron chi connectivity index (χ4n) is 2.13. The zero-order chi connectivity index (χ0) is 12.3. The maximum Gasteiger partial charge on any atom is 0.309 e. The van der Waals surface area contributed by atoms with Crippen LogP contribution in [0.4, 0.5) is 0 Å². The van der Waals surface area contributed by atoms with Crippen LogP contribution in [-0.4, -0.2) is 12.0 Å². The molecule has 1 aliphatic carbocycles. The molecule has 2 N–H and O–H groups in total. The quantitative estimate of drug-likeness (QED) is 0.873. The number of hydrogen-bond donors (Lipinski definition) is 1. The second kappa shape index (κ2) is 5.65. The molecular formula is C13H16BrNO2. The van der Waals surface area contributed by atoms with Crippen LogP contribution in [0, 0.1) is 5.92 Å². The number of hydrogen-bond acceptors (Lipinski definition) is 3. The Morgan fingerprint density at radius 3 is 2.94 bits per heavy atom. The SMILES string of the molecule is NC1CCC(C(=O)OCc2cccc(Br)c2)C1. The average molecular weight is 298 g/mol. The van der Waals surface area contributed by atoms with Gasteiger partial charge in [0, 0.05) is 10.5 Å². The molecule has 0 saturated heterocycles. The van der Waals surface area contributed by atoms with Gasteiger partial charge in [-0.2, -0.15) is 0 Å². The van der Waals surface area contributed by atoms with E-state index in [9.17, 15) is 4.79 Å². The first kappa shape index (κ1) is 12.6. The summed E-state index contributed by atoms with van der Waals surface area (Å²) in [6, 6.07) is 7.94. The first-order chi connectivity index (χ1) is 8.15. The molecule has 0 aliphatic heterocycles. The number of esters is 1. The molecule has 0 radical (unpaired) electrons. The van der Waals surface area contributed by atoms with Crippen molar-refractivity contribution in [2.75, 3.05) is 0 Å². The number of rotatable bonds is 3. The van der Waals surface area contributed by atoms with Gasteiger partial charge in [0.15, 0.2) is 0 Å². The highest BCUT2D eigenvalue weighted by Gasteiger charge is 2.28. The summed E-state index contributed by atoms with van der Waals surface area (Å²) < 4.78 is 6.29. The average Bonchev–Trinajstić information content (AvgIpc) is 2.73. The van der Waals surface area contributed by atoms with Crippen LogP contribution in [0.5, 0.6) is 0 Å². The number of halogens is 1. The molecule has 0 aromatic heterocycles. The van der Waals surface area contributed by atoms with E-state index < -0.39 is 0 Å². The molecule has 1 saturated carbocycles. The van der Waals surface area contributed by atoms with Gasteiger partial charge in [0.25, 0.3) is 0 Å². The molecule has 0 spiro atoms. The second-order valence-electron chi connectivity index (χ2n) is 4.51. The highest BCUT2D eigenvalue weighted by Crippen LogP contribution is 2.25. The minimum Gasteiger partial charge on any atom is -0.461 e. The third-order valence-electron chi connectivity index (χ3n) is 3.08. The van der Waals surface area contributed by atoms with Gasteiger partial charge in [0.2, 0.25) is 0 Å². The van der Waals surface area contributed by atoms with Crippen molar-refractivity contribution in [2.45, 2.75) is 31.9 Å². The van der Waals surface area contributed by atoms with E-state index in [1.165, 1.54) is 0 Å². The van der Waals surface area contributed by atoms with Gasteiger partial charge in [0.1, 0.15) is 6.61 Å². The molecule has 92 valence electrons. The molecule has 0 amide bonds. The third kappa shape index (κ3) is 3.54. The fourth-order valence-corrected chi connectivity index (χ4v) is 2.58. The number of nitrogens with two attached hydrogens (primary N) is 1. The van der Waals surface area contributed by atoms with Crippen molar-refractivity contribution in [3.05, 3.63) is 34.3 Å². The molecule has 17 heavy (non-hydrogen) atoms. The molecule has 1 aliphatic rings. The van der Waals surface area contributed by atoms with Gasteiger partial charge in [-0.3, -0.25) is 4.79 Å². The highest BCUT2D eigenvalue weighted by molar-refractivity contribution is 9.10. The van der Waals surface area contributed by atoms with E-state index >= 15 is 0 Å². The van der Waals surface area contributed by atoms with Crippen LogP contribution in [-0.2, 0) is 16.1 Å². The lowest BCUT2D eigenvalue weighted by Gasteiger charge is -2.10. The summed E-state index contributed by atoms with van der Waals surface area (Å²) in [4.78, 5) is 11.8. The Labute approximate surface area is 109 Å². The summed E-state index contributed by atoms with van der Waals surface area (Å²) in [6.45, 7) is 0.337. The van der Waals surface area contributed by atoms with Crippen molar-refractivity contribution in [2.24, 2.45) is 11.7 Å².